The minimum atomic E-state index is -6.12. The molecule has 3 aromatic rings. The van der Waals surface area contributed by atoms with Gasteiger partial charge in [0.1, 0.15) is 5.82 Å². The van der Waals surface area contributed by atoms with E-state index in [-0.39, 0.29) is 29.5 Å². The number of thioether (sulfide) groups is 1. The standard InChI is InChI=1S/C24H18F7NO2S/c1-35-18-9-2-14(3-10-18)12-21(33)32-17-7-4-15(5-8-17)19-11-6-16(13-20(19)25)22(34,23(26,27)28)24(29,30)31/h2-11,13,34H,12H2,1H3,(H,32,33). The van der Waals surface area contributed by atoms with Gasteiger partial charge in [-0.05, 0) is 47.7 Å². The van der Waals surface area contributed by atoms with E-state index in [0.29, 0.717) is 11.8 Å². The van der Waals surface area contributed by atoms with E-state index in [1.54, 1.807) is 11.8 Å². The number of amides is 1. The molecule has 3 aromatic carbocycles. The van der Waals surface area contributed by atoms with Crippen LogP contribution in [0.5, 0.6) is 0 Å². The minimum Gasteiger partial charge on any atom is -0.369 e. The summed E-state index contributed by atoms with van der Waals surface area (Å²) in [5.41, 5.74) is -5.90. The molecule has 0 saturated carbocycles. The Morgan fingerprint density at radius 2 is 1.46 bits per heavy atom. The van der Waals surface area contributed by atoms with Crippen LogP contribution < -0.4 is 5.32 Å². The van der Waals surface area contributed by atoms with Crippen LogP contribution in [-0.2, 0) is 16.8 Å². The highest BCUT2D eigenvalue weighted by atomic mass is 32.2. The van der Waals surface area contributed by atoms with Gasteiger partial charge in [0, 0.05) is 21.7 Å². The van der Waals surface area contributed by atoms with E-state index in [4.69, 9.17) is 0 Å². The molecule has 0 aromatic heterocycles. The number of carbonyl (C=O) groups excluding carboxylic acids is 1. The molecule has 3 rings (SSSR count). The van der Waals surface area contributed by atoms with Crippen molar-refractivity contribution in [2.24, 2.45) is 0 Å². The first kappa shape index (κ1) is 26.6. The largest absolute Gasteiger partial charge is 0.430 e. The molecule has 3 nitrogen and oxygen atoms in total. The van der Waals surface area contributed by atoms with Crippen LogP contribution >= 0.6 is 11.8 Å². The normalized spacial score (nSPS) is 12.5. The zero-order valence-corrected chi connectivity index (χ0v) is 18.8. The zero-order valence-electron chi connectivity index (χ0n) is 18.0. The Morgan fingerprint density at radius 3 is 1.94 bits per heavy atom. The quantitative estimate of drug-likeness (QED) is 0.282. The molecular weight excluding hydrogens is 499 g/mol. The molecule has 0 fully saturated rings. The lowest BCUT2D eigenvalue weighted by Crippen LogP contribution is -2.53. The van der Waals surface area contributed by atoms with Crippen molar-refractivity contribution < 1.29 is 40.6 Å². The Morgan fingerprint density at radius 1 is 0.886 bits per heavy atom. The number of benzene rings is 3. The highest BCUT2D eigenvalue weighted by Crippen LogP contribution is 2.50. The second-order valence-corrected chi connectivity index (χ2v) is 8.43. The van der Waals surface area contributed by atoms with Crippen LogP contribution in [0, 0.1) is 5.82 Å². The summed E-state index contributed by atoms with van der Waals surface area (Å²) >= 11 is 1.56. The van der Waals surface area contributed by atoms with Gasteiger partial charge in [0.15, 0.2) is 0 Å². The molecule has 0 saturated heterocycles. The Balaban J connectivity index is 1.77. The number of halogens is 7. The Labute approximate surface area is 200 Å². The van der Waals surface area contributed by atoms with Crippen LogP contribution in [0.15, 0.2) is 71.6 Å². The van der Waals surface area contributed by atoms with Gasteiger partial charge in [0.25, 0.3) is 5.60 Å². The topological polar surface area (TPSA) is 49.3 Å². The summed E-state index contributed by atoms with van der Waals surface area (Å²) in [6, 6.07) is 14.0. The van der Waals surface area contributed by atoms with Gasteiger partial charge in [-0.1, -0.05) is 36.4 Å². The first-order valence-corrected chi connectivity index (χ1v) is 11.2. The molecule has 2 N–H and O–H groups in total. The van der Waals surface area contributed by atoms with Gasteiger partial charge in [-0.3, -0.25) is 4.79 Å². The van der Waals surface area contributed by atoms with Gasteiger partial charge in [0.2, 0.25) is 5.91 Å². The molecule has 0 aliphatic heterocycles. The first-order chi connectivity index (χ1) is 16.3. The van der Waals surface area contributed by atoms with Crippen molar-refractivity contribution in [3.05, 3.63) is 83.7 Å². The molecule has 11 heteroatoms. The second kappa shape index (κ2) is 9.90. The maximum Gasteiger partial charge on any atom is 0.430 e. The molecule has 0 aliphatic rings. The molecule has 186 valence electrons. The molecule has 0 bridgehead atoms. The smallest absolute Gasteiger partial charge is 0.369 e. The van der Waals surface area contributed by atoms with Crippen LogP contribution in [0.3, 0.4) is 0 Å². The SMILES string of the molecule is CSc1ccc(CC(=O)Nc2ccc(-c3ccc(C(O)(C(F)(F)F)C(F)(F)F)cc3F)cc2)cc1. The number of aliphatic hydroxyl groups is 1. The average molecular weight is 517 g/mol. The molecule has 0 radical (unpaired) electrons. The summed E-state index contributed by atoms with van der Waals surface area (Å²) < 4.78 is 92.7. The average Bonchev–Trinajstić information content (AvgIpc) is 2.78. The summed E-state index contributed by atoms with van der Waals surface area (Å²) in [7, 11) is 0. The van der Waals surface area contributed by atoms with Gasteiger partial charge in [-0.2, -0.15) is 26.3 Å². The number of rotatable bonds is 6. The van der Waals surface area contributed by atoms with Crippen molar-refractivity contribution in [2.45, 2.75) is 29.3 Å². The number of hydrogen-bond acceptors (Lipinski definition) is 3. The van der Waals surface area contributed by atoms with E-state index in [2.05, 4.69) is 5.32 Å². The maximum atomic E-state index is 14.5. The van der Waals surface area contributed by atoms with Crippen molar-refractivity contribution in [3.8, 4) is 11.1 Å². The Hall–Kier alpha value is -3.05. The van der Waals surface area contributed by atoms with E-state index < -0.39 is 29.3 Å². The van der Waals surface area contributed by atoms with Crippen molar-refractivity contribution in [2.75, 3.05) is 11.6 Å². The summed E-state index contributed by atoms with van der Waals surface area (Å²) in [4.78, 5) is 13.3. The molecule has 0 spiro atoms. The van der Waals surface area contributed by atoms with Gasteiger partial charge in [0.05, 0.1) is 6.42 Å². The van der Waals surface area contributed by atoms with Crippen LogP contribution in [-0.4, -0.2) is 29.6 Å². The fourth-order valence-electron chi connectivity index (χ4n) is 3.33. The second-order valence-electron chi connectivity index (χ2n) is 7.55. The maximum absolute atomic E-state index is 14.5. The zero-order chi connectivity index (χ0) is 26.0. The van der Waals surface area contributed by atoms with Crippen LogP contribution in [0.1, 0.15) is 11.1 Å². The van der Waals surface area contributed by atoms with E-state index in [0.717, 1.165) is 16.5 Å². The number of nitrogens with one attached hydrogen (secondary N) is 1. The Bertz CT molecular complexity index is 1180. The lowest BCUT2D eigenvalue weighted by atomic mass is 9.90. The first-order valence-electron chi connectivity index (χ1n) is 9.95. The highest BCUT2D eigenvalue weighted by Gasteiger charge is 2.71. The molecular formula is C24H18F7NO2S. The highest BCUT2D eigenvalue weighted by molar-refractivity contribution is 7.98. The third-order valence-corrected chi connectivity index (χ3v) is 5.95. The summed E-state index contributed by atoms with van der Waals surface area (Å²) in [5.74, 6) is -1.70. The number of alkyl halides is 6. The molecule has 0 heterocycles. The van der Waals surface area contributed by atoms with E-state index >= 15 is 0 Å². The van der Waals surface area contributed by atoms with Gasteiger partial charge >= 0.3 is 12.4 Å². The molecule has 35 heavy (non-hydrogen) atoms. The molecule has 1 amide bonds. The van der Waals surface area contributed by atoms with Crippen LogP contribution in [0.4, 0.5) is 36.4 Å². The number of anilines is 1. The third kappa shape index (κ3) is 5.62. The number of carbonyl (C=O) groups is 1. The van der Waals surface area contributed by atoms with Gasteiger partial charge in [-0.15, -0.1) is 11.8 Å². The van der Waals surface area contributed by atoms with Gasteiger partial charge < -0.3 is 10.4 Å². The fourth-order valence-corrected chi connectivity index (χ4v) is 3.74. The summed E-state index contributed by atoms with van der Waals surface area (Å²) in [5, 5.41) is 12.1. The van der Waals surface area contributed by atoms with Gasteiger partial charge in [-0.25, -0.2) is 4.39 Å². The monoisotopic (exact) mass is 517 g/mol. The summed E-state index contributed by atoms with van der Waals surface area (Å²) in [6.07, 6.45) is -10.2. The van der Waals surface area contributed by atoms with Crippen LogP contribution in [0.2, 0.25) is 0 Å². The fraction of sp³-hybridized carbons (Fsp3) is 0.208. The van der Waals surface area contributed by atoms with Crippen molar-refractivity contribution in [1.82, 2.24) is 0 Å². The predicted octanol–water partition coefficient (Wildman–Crippen LogP) is 6.71. The molecule has 0 atom stereocenters. The van der Waals surface area contributed by atoms with E-state index in [9.17, 15) is 40.6 Å². The van der Waals surface area contributed by atoms with Crippen LogP contribution in [0.25, 0.3) is 11.1 Å². The van der Waals surface area contributed by atoms with E-state index in [1.807, 2.05) is 30.5 Å². The van der Waals surface area contributed by atoms with Crippen molar-refractivity contribution in [3.63, 3.8) is 0 Å². The minimum absolute atomic E-state index is 0.00826. The van der Waals surface area contributed by atoms with Crippen molar-refractivity contribution >= 4 is 23.4 Å². The van der Waals surface area contributed by atoms with Crippen molar-refractivity contribution in [1.29, 1.82) is 0 Å². The lowest BCUT2D eigenvalue weighted by molar-refractivity contribution is -0.376. The number of hydrogen-bond donors (Lipinski definition) is 2. The van der Waals surface area contributed by atoms with E-state index in [1.165, 1.54) is 24.3 Å². The summed E-state index contributed by atoms with van der Waals surface area (Å²) in [6.45, 7) is 0. The lowest BCUT2D eigenvalue weighted by Gasteiger charge is -2.32. The molecule has 0 unspecified atom stereocenters. The third-order valence-electron chi connectivity index (χ3n) is 5.21. The molecule has 0 aliphatic carbocycles. The Kier molecular flexibility index (Phi) is 7.51. The predicted molar refractivity (Wildman–Crippen MR) is 118 cm³/mol.